The summed E-state index contributed by atoms with van der Waals surface area (Å²) in [5, 5.41) is 4.02. The fourth-order valence-electron chi connectivity index (χ4n) is 3.66. The minimum atomic E-state index is -3.99. The molecule has 0 radical (unpaired) electrons. The van der Waals surface area contributed by atoms with Crippen LogP contribution in [0.1, 0.15) is 11.1 Å². The monoisotopic (exact) mass is 607 g/mol. The Bertz CT molecular complexity index is 1530. The highest BCUT2D eigenvalue weighted by atomic mass is 79.9. The molecule has 0 aromatic heterocycles. The first-order chi connectivity index (χ1) is 18.9. The third-order valence-electron chi connectivity index (χ3n) is 5.54. The molecule has 4 aromatic carbocycles. The van der Waals surface area contributed by atoms with E-state index in [2.05, 4.69) is 26.5 Å². The standard InChI is InChI=1S/C29H26BrN3O5S/c1-37-27-18-23(17-26(30)29(27)38-21-22-11-5-2-6-12-22)19-31-32-28(34)20-33(24-13-7-3-8-14-24)39(35,36)25-15-9-4-10-16-25/h2-19H,20-21H2,1H3,(H,32,34)/b31-19-. The Balaban J connectivity index is 1.46. The van der Waals surface area contributed by atoms with Crippen molar-refractivity contribution in [2.24, 2.45) is 5.10 Å². The van der Waals surface area contributed by atoms with E-state index in [4.69, 9.17) is 9.47 Å². The number of amides is 1. The smallest absolute Gasteiger partial charge is 0.264 e. The van der Waals surface area contributed by atoms with Gasteiger partial charge in [-0.3, -0.25) is 9.10 Å². The minimum absolute atomic E-state index is 0.0803. The van der Waals surface area contributed by atoms with Gasteiger partial charge < -0.3 is 9.47 Å². The van der Waals surface area contributed by atoms with Crippen molar-refractivity contribution in [3.63, 3.8) is 0 Å². The molecule has 0 bridgehead atoms. The van der Waals surface area contributed by atoms with Crippen LogP contribution in [-0.4, -0.2) is 34.2 Å². The van der Waals surface area contributed by atoms with Crippen LogP contribution in [0.15, 0.2) is 118 Å². The second-order valence-corrected chi connectivity index (χ2v) is 11.0. The molecule has 0 aliphatic carbocycles. The van der Waals surface area contributed by atoms with E-state index in [0.29, 0.717) is 33.8 Å². The molecule has 1 N–H and O–H groups in total. The maximum Gasteiger partial charge on any atom is 0.264 e. The highest BCUT2D eigenvalue weighted by Crippen LogP contribution is 2.36. The fraction of sp³-hybridized carbons (Fsp3) is 0.103. The zero-order valence-electron chi connectivity index (χ0n) is 21.0. The topological polar surface area (TPSA) is 97.3 Å². The number of sulfonamides is 1. The number of carbonyl (C=O) groups is 1. The number of hydrogen-bond acceptors (Lipinski definition) is 6. The average Bonchev–Trinajstić information content (AvgIpc) is 2.96. The van der Waals surface area contributed by atoms with E-state index in [0.717, 1.165) is 9.87 Å². The van der Waals surface area contributed by atoms with Crippen LogP contribution in [0.5, 0.6) is 11.5 Å². The second kappa shape index (κ2) is 13.1. The molecule has 4 aromatic rings. The van der Waals surface area contributed by atoms with Crippen molar-refractivity contribution >= 4 is 43.8 Å². The lowest BCUT2D eigenvalue weighted by Crippen LogP contribution is -2.39. The second-order valence-electron chi connectivity index (χ2n) is 8.26. The molecule has 8 nitrogen and oxygen atoms in total. The van der Waals surface area contributed by atoms with Gasteiger partial charge in [-0.05, 0) is 63.5 Å². The number of nitrogens with one attached hydrogen (secondary N) is 1. The van der Waals surface area contributed by atoms with Gasteiger partial charge in [-0.25, -0.2) is 13.8 Å². The van der Waals surface area contributed by atoms with E-state index in [1.54, 1.807) is 60.7 Å². The van der Waals surface area contributed by atoms with Gasteiger partial charge >= 0.3 is 0 Å². The largest absolute Gasteiger partial charge is 0.493 e. The molecule has 0 fully saturated rings. The average molecular weight is 609 g/mol. The van der Waals surface area contributed by atoms with E-state index in [-0.39, 0.29) is 4.90 Å². The Kier molecular flexibility index (Phi) is 9.35. The number of methoxy groups -OCH3 is 1. The van der Waals surface area contributed by atoms with Crippen molar-refractivity contribution in [3.8, 4) is 11.5 Å². The molecule has 39 heavy (non-hydrogen) atoms. The van der Waals surface area contributed by atoms with Gasteiger partial charge in [0, 0.05) is 0 Å². The van der Waals surface area contributed by atoms with Crippen LogP contribution in [0.3, 0.4) is 0 Å². The maximum atomic E-state index is 13.3. The van der Waals surface area contributed by atoms with Crippen molar-refractivity contribution in [1.29, 1.82) is 0 Å². The molecule has 0 unspecified atom stereocenters. The van der Waals surface area contributed by atoms with Crippen LogP contribution in [0.4, 0.5) is 5.69 Å². The molecule has 0 aliphatic rings. The van der Waals surface area contributed by atoms with Gasteiger partial charge in [-0.1, -0.05) is 66.7 Å². The van der Waals surface area contributed by atoms with Crippen LogP contribution in [0.25, 0.3) is 0 Å². The molecule has 0 saturated heterocycles. The SMILES string of the molecule is COc1cc(/C=N\NC(=O)CN(c2ccccc2)S(=O)(=O)c2ccccc2)cc(Br)c1OCc1ccccc1. The Hall–Kier alpha value is -4.15. The van der Waals surface area contributed by atoms with Crippen molar-refractivity contribution in [3.05, 3.63) is 119 Å². The number of benzene rings is 4. The summed E-state index contributed by atoms with van der Waals surface area (Å²) in [6.07, 6.45) is 1.44. The predicted molar refractivity (Wildman–Crippen MR) is 155 cm³/mol. The van der Waals surface area contributed by atoms with Gasteiger partial charge in [-0.2, -0.15) is 5.10 Å². The van der Waals surface area contributed by atoms with E-state index in [9.17, 15) is 13.2 Å². The van der Waals surface area contributed by atoms with Crippen LogP contribution in [0.2, 0.25) is 0 Å². The molecule has 0 aliphatic heterocycles. The highest BCUT2D eigenvalue weighted by molar-refractivity contribution is 9.10. The van der Waals surface area contributed by atoms with Gasteiger partial charge in [0.05, 0.1) is 28.4 Å². The number of hydrazone groups is 1. The van der Waals surface area contributed by atoms with Gasteiger partial charge in [0.25, 0.3) is 15.9 Å². The van der Waals surface area contributed by atoms with Gasteiger partial charge in [-0.15, -0.1) is 0 Å². The third-order valence-corrected chi connectivity index (χ3v) is 7.92. The number of anilines is 1. The summed E-state index contributed by atoms with van der Waals surface area (Å²) in [4.78, 5) is 12.9. The summed E-state index contributed by atoms with van der Waals surface area (Å²) in [6.45, 7) is -0.0963. The van der Waals surface area contributed by atoms with E-state index in [1.165, 1.54) is 25.5 Å². The normalized spacial score (nSPS) is 11.2. The lowest BCUT2D eigenvalue weighted by Gasteiger charge is -2.23. The van der Waals surface area contributed by atoms with Crippen LogP contribution >= 0.6 is 15.9 Å². The van der Waals surface area contributed by atoms with E-state index >= 15 is 0 Å². The van der Waals surface area contributed by atoms with E-state index in [1.807, 2.05) is 30.3 Å². The number of nitrogens with zero attached hydrogens (tertiary/aromatic N) is 2. The Labute approximate surface area is 236 Å². The molecule has 200 valence electrons. The molecule has 0 atom stereocenters. The van der Waals surface area contributed by atoms with Gasteiger partial charge in [0.2, 0.25) is 0 Å². The van der Waals surface area contributed by atoms with Crippen molar-refractivity contribution in [2.45, 2.75) is 11.5 Å². The molecule has 0 heterocycles. The quantitative estimate of drug-likeness (QED) is 0.182. The number of halogens is 1. The Morgan fingerprint density at radius 1 is 0.949 bits per heavy atom. The van der Waals surface area contributed by atoms with Gasteiger partial charge in [0.1, 0.15) is 13.2 Å². The first kappa shape index (κ1) is 27.9. The Morgan fingerprint density at radius 3 is 2.21 bits per heavy atom. The molecule has 4 rings (SSSR count). The van der Waals surface area contributed by atoms with Crippen LogP contribution in [0, 0.1) is 0 Å². The number of carbonyl (C=O) groups excluding carboxylic acids is 1. The zero-order valence-corrected chi connectivity index (χ0v) is 23.4. The zero-order chi connectivity index (χ0) is 27.7. The van der Waals surface area contributed by atoms with Crippen LogP contribution < -0.4 is 19.2 Å². The molecule has 0 saturated carbocycles. The number of ether oxygens (including phenoxy) is 2. The van der Waals surface area contributed by atoms with Crippen molar-refractivity contribution in [2.75, 3.05) is 18.0 Å². The lowest BCUT2D eigenvalue weighted by atomic mass is 10.2. The summed E-state index contributed by atoms with van der Waals surface area (Å²) in [6, 6.07) is 29.6. The lowest BCUT2D eigenvalue weighted by molar-refractivity contribution is -0.119. The number of hydrogen-bond donors (Lipinski definition) is 1. The first-order valence-electron chi connectivity index (χ1n) is 11.9. The third kappa shape index (κ3) is 7.24. The van der Waals surface area contributed by atoms with Crippen LogP contribution in [-0.2, 0) is 21.4 Å². The molecule has 0 spiro atoms. The molecule has 10 heteroatoms. The number of para-hydroxylation sites is 1. The minimum Gasteiger partial charge on any atom is -0.493 e. The summed E-state index contributed by atoms with van der Waals surface area (Å²) in [7, 11) is -2.45. The molecule has 1 amide bonds. The summed E-state index contributed by atoms with van der Waals surface area (Å²) in [5.41, 5.74) is 4.41. The predicted octanol–water partition coefficient (Wildman–Crippen LogP) is 5.38. The highest BCUT2D eigenvalue weighted by Gasteiger charge is 2.26. The summed E-state index contributed by atoms with van der Waals surface area (Å²) in [5.74, 6) is 0.410. The fourth-order valence-corrected chi connectivity index (χ4v) is 5.67. The summed E-state index contributed by atoms with van der Waals surface area (Å²) < 4.78 is 39.8. The molecular weight excluding hydrogens is 582 g/mol. The van der Waals surface area contributed by atoms with E-state index < -0.39 is 22.5 Å². The number of rotatable bonds is 11. The Morgan fingerprint density at radius 2 is 1.56 bits per heavy atom. The first-order valence-corrected chi connectivity index (χ1v) is 14.1. The summed E-state index contributed by atoms with van der Waals surface area (Å²) >= 11 is 3.51. The van der Waals surface area contributed by atoms with Crippen molar-refractivity contribution < 1.29 is 22.7 Å². The van der Waals surface area contributed by atoms with Crippen molar-refractivity contribution in [1.82, 2.24) is 5.43 Å². The van der Waals surface area contributed by atoms with Gasteiger partial charge in [0.15, 0.2) is 11.5 Å². The maximum absolute atomic E-state index is 13.3. The molecular formula is C29H26BrN3O5S.